The van der Waals surface area contributed by atoms with Gasteiger partial charge in [0.15, 0.2) is 0 Å². The zero-order chi connectivity index (χ0) is 15.1. The number of nitrogens with zero attached hydrogens (tertiary/aromatic N) is 1. The first-order chi connectivity index (χ1) is 9.74. The molecule has 0 aliphatic heterocycles. The summed E-state index contributed by atoms with van der Waals surface area (Å²) in [4.78, 5) is 5.03. The lowest BCUT2D eigenvalue weighted by atomic mass is 10.0. The van der Waals surface area contributed by atoms with E-state index < -0.39 is 0 Å². The van der Waals surface area contributed by atoms with Crippen LogP contribution in [0.1, 0.15) is 111 Å². The molecule has 0 rings (SSSR count). The summed E-state index contributed by atoms with van der Waals surface area (Å²) in [6.45, 7) is 9.15. The molecule has 1 unspecified atom stereocenters. The van der Waals surface area contributed by atoms with Crippen LogP contribution in [0.5, 0.6) is 0 Å². The van der Waals surface area contributed by atoms with Crippen LogP contribution in [-0.2, 0) is 0 Å². The SMILES string of the molecule is CCCCCC/C(CCCCC)=N/C(C)CCCCC. The van der Waals surface area contributed by atoms with E-state index in [1.165, 1.54) is 89.2 Å². The standard InChI is InChI=1S/C19H39N/c1-5-8-11-14-17-19(16-13-10-7-3)20-18(4)15-12-9-6-2/h18H,5-17H2,1-4H3/b20-19+. The van der Waals surface area contributed by atoms with Crippen LogP contribution in [-0.4, -0.2) is 11.8 Å². The number of unbranched alkanes of at least 4 members (excludes halogenated alkanes) is 7. The van der Waals surface area contributed by atoms with Crippen molar-refractivity contribution in [3.8, 4) is 0 Å². The zero-order valence-corrected chi connectivity index (χ0v) is 14.7. The van der Waals surface area contributed by atoms with E-state index in [2.05, 4.69) is 27.7 Å². The number of aliphatic imine (C=N–C) groups is 1. The van der Waals surface area contributed by atoms with Crippen molar-refractivity contribution in [2.75, 3.05) is 0 Å². The summed E-state index contributed by atoms with van der Waals surface area (Å²) in [5.41, 5.74) is 1.51. The highest BCUT2D eigenvalue weighted by Gasteiger charge is 2.04. The van der Waals surface area contributed by atoms with Gasteiger partial charge in [0, 0.05) is 11.8 Å². The maximum absolute atomic E-state index is 5.03. The highest BCUT2D eigenvalue weighted by atomic mass is 14.8. The highest BCUT2D eigenvalue weighted by Crippen LogP contribution is 2.13. The average molecular weight is 282 g/mol. The fourth-order valence-electron chi connectivity index (χ4n) is 2.65. The minimum absolute atomic E-state index is 0.546. The van der Waals surface area contributed by atoms with Gasteiger partial charge in [0.25, 0.3) is 0 Å². The first kappa shape index (κ1) is 19.7. The van der Waals surface area contributed by atoms with E-state index in [4.69, 9.17) is 4.99 Å². The Kier molecular flexibility index (Phi) is 14.8. The summed E-state index contributed by atoms with van der Waals surface area (Å²) in [6.07, 6.45) is 17.3. The van der Waals surface area contributed by atoms with Gasteiger partial charge in [-0.3, -0.25) is 4.99 Å². The molecule has 0 aromatic carbocycles. The highest BCUT2D eigenvalue weighted by molar-refractivity contribution is 5.84. The molecule has 0 bridgehead atoms. The molecule has 1 nitrogen and oxygen atoms in total. The molecule has 0 radical (unpaired) electrons. The van der Waals surface area contributed by atoms with E-state index in [-0.39, 0.29) is 0 Å². The van der Waals surface area contributed by atoms with Gasteiger partial charge in [0.2, 0.25) is 0 Å². The van der Waals surface area contributed by atoms with Crippen LogP contribution >= 0.6 is 0 Å². The molecule has 120 valence electrons. The Hall–Kier alpha value is -0.330. The Balaban J connectivity index is 4.10. The van der Waals surface area contributed by atoms with Gasteiger partial charge in [0.1, 0.15) is 0 Å². The first-order valence-electron chi connectivity index (χ1n) is 9.30. The van der Waals surface area contributed by atoms with Crippen LogP contribution in [0.2, 0.25) is 0 Å². The topological polar surface area (TPSA) is 12.4 Å². The Morgan fingerprint density at radius 2 is 1.20 bits per heavy atom. The summed E-state index contributed by atoms with van der Waals surface area (Å²) in [6, 6.07) is 0.546. The second-order valence-electron chi connectivity index (χ2n) is 6.31. The van der Waals surface area contributed by atoms with Crippen molar-refractivity contribution >= 4 is 5.71 Å². The third-order valence-electron chi connectivity index (χ3n) is 4.02. The number of rotatable bonds is 14. The van der Waals surface area contributed by atoms with E-state index in [0.29, 0.717) is 6.04 Å². The van der Waals surface area contributed by atoms with Crippen molar-refractivity contribution in [1.82, 2.24) is 0 Å². The predicted octanol–water partition coefficient (Wildman–Crippen LogP) is 6.95. The molecule has 0 saturated heterocycles. The summed E-state index contributed by atoms with van der Waals surface area (Å²) in [7, 11) is 0. The molecular formula is C19H39N. The summed E-state index contributed by atoms with van der Waals surface area (Å²) in [5.74, 6) is 0. The molecule has 0 spiro atoms. The van der Waals surface area contributed by atoms with E-state index in [9.17, 15) is 0 Å². The minimum atomic E-state index is 0.546. The van der Waals surface area contributed by atoms with E-state index >= 15 is 0 Å². The molecule has 0 aliphatic carbocycles. The molecule has 0 aromatic rings. The van der Waals surface area contributed by atoms with Crippen LogP contribution in [0, 0.1) is 0 Å². The third kappa shape index (κ3) is 12.7. The number of hydrogen-bond acceptors (Lipinski definition) is 1. The van der Waals surface area contributed by atoms with Crippen LogP contribution < -0.4 is 0 Å². The zero-order valence-electron chi connectivity index (χ0n) is 14.7. The quantitative estimate of drug-likeness (QED) is 0.241. The molecule has 0 fully saturated rings. The fourth-order valence-corrected chi connectivity index (χ4v) is 2.65. The normalized spacial score (nSPS) is 13.7. The van der Waals surface area contributed by atoms with Gasteiger partial charge in [-0.05, 0) is 39.0 Å². The Morgan fingerprint density at radius 1 is 0.700 bits per heavy atom. The van der Waals surface area contributed by atoms with Gasteiger partial charge in [-0.15, -0.1) is 0 Å². The number of hydrogen-bond donors (Lipinski definition) is 0. The molecule has 0 saturated carbocycles. The molecular weight excluding hydrogens is 242 g/mol. The van der Waals surface area contributed by atoms with Crippen LogP contribution in [0.4, 0.5) is 0 Å². The second-order valence-corrected chi connectivity index (χ2v) is 6.31. The van der Waals surface area contributed by atoms with Crippen molar-refractivity contribution in [2.24, 2.45) is 4.99 Å². The van der Waals surface area contributed by atoms with Crippen LogP contribution in [0.3, 0.4) is 0 Å². The van der Waals surface area contributed by atoms with Gasteiger partial charge >= 0.3 is 0 Å². The van der Waals surface area contributed by atoms with Crippen molar-refractivity contribution in [2.45, 2.75) is 117 Å². The predicted molar refractivity (Wildman–Crippen MR) is 93.9 cm³/mol. The van der Waals surface area contributed by atoms with Gasteiger partial charge in [-0.2, -0.15) is 0 Å². The van der Waals surface area contributed by atoms with Crippen molar-refractivity contribution < 1.29 is 0 Å². The second kappa shape index (κ2) is 15.1. The maximum atomic E-state index is 5.03. The van der Waals surface area contributed by atoms with Crippen LogP contribution in [0.25, 0.3) is 0 Å². The van der Waals surface area contributed by atoms with E-state index in [1.807, 2.05) is 0 Å². The lowest BCUT2D eigenvalue weighted by molar-refractivity contribution is 0.588. The largest absolute Gasteiger partial charge is 0.291 e. The first-order valence-corrected chi connectivity index (χ1v) is 9.30. The summed E-state index contributed by atoms with van der Waals surface area (Å²) in [5, 5.41) is 0. The molecule has 1 atom stereocenters. The van der Waals surface area contributed by atoms with Crippen molar-refractivity contribution in [3.63, 3.8) is 0 Å². The monoisotopic (exact) mass is 281 g/mol. The Labute approximate surface area is 128 Å². The molecule has 0 amide bonds. The molecule has 0 aromatic heterocycles. The van der Waals surface area contributed by atoms with Crippen molar-refractivity contribution in [1.29, 1.82) is 0 Å². The molecule has 1 heteroatoms. The van der Waals surface area contributed by atoms with Crippen LogP contribution in [0.15, 0.2) is 4.99 Å². The van der Waals surface area contributed by atoms with Gasteiger partial charge < -0.3 is 0 Å². The van der Waals surface area contributed by atoms with Gasteiger partial charge in [-0.25, -0.2) is 0 Å². The summed E-state index contributed by atoms with van der Waals surface area (Å²) < 4.78 is 0. The van der Waals surface area contributed by atoms with E-state index in [0.717, 1.165) is 0 Å². The molecule has 0 heterocycles. The van der Waals surface area contributed by atoms with Gasteiger partial charge in [0.05, 0.1) is 0 Å². The molecule has 0 aliphatic rings. The summed E-state index contributed by atoms with van der Waals surface area (Å²) >= 11 is 0. The average Bonchev–Trinajstić information content (AvgIpc) is 2.44. The lowest BCUT2D eigenvalue weighted by Crippen LogP contribution is -2.06. The molecule has 0 N–H and O–H groups in total. The van der Waals surface area contributed by atoms with Gasteiger partial charge in [-0.1, -0.05) is 72.1 Å². The van der Waals surface area contributed by atoms with Crippen molar-refractivity contribution in [3.05, 3.63) is 0 Å². The smallest absolute Gasteiger partial charge is 0.0470 e. The molecule has 20 heavy (non-hydrogen) atoms. The minimum Gasteiger partial charge on any atom is -0.291 e. The maximum Gasteiger partial charge on any atom is 0.0470 e. The lowest BCUT2D eigenvalue weighted by Gasteiger charge is -2.11. The Morgan fingerprint density at radius 3 is 1.80 bits per heavy atom. The third-order valence-corrected chi connectivity index (χ3v) is 4.02. The van der Waals surface area contributed by atoms with E-state index in [1.54, 1.807) is 0 Å². The fraction of sp³-hybridized carbons (Fsp3) is 0.947. The Bertz CT molecular complexity index is 220.